The first-order chi connectivity index (χ1) is 13.2. The van der Waals surface area contributed by atoms with Gasteiger partial charge < -0.3 is 15.5 Å². The summed E-state index contributed by atoms with van der Waals surface area (Å²) >= 11 is 0. The fourth-order valence-corrected chi connectivity index (χ4v) is 3.04. The molecule has 6 heteroatoms. The van der Waals surface area contributed by atoms with Crippen LogP contribution in [0.1, 0.15) is 40.4 Å². The lowest BCUT2D eigenvalue weighted by atomic mass is 10.1. The van der Waals surface area contributed by atoms with Crippen LogP contribution in [0.3, 0.4) is 0 Å². The van der Waals surface area contributed by atoms with Gasteiger partial charge in [0.05, 0.1) is 6.54 Å². The third kappa shape index (κ3) is 5.42. The Morgan fingerprint density at radius 1 is 0.929 bits per heavy atom. The summed E-state index contributed by atoms with van der Waals surface area (Å²) in [6, 6.07) is 10.7. The Morgan fingerprint density at radius 3 is 2.18 bits per heavy atom. The van der Waals surface area contributed by atoms with Gasteiger partial charge in [0.15, 0.2) is 0 Å². The Labute approximate surface area is 165 Å². The summed E-state index contributed by atoms with van der Waals surface area (Å²) in [5.74, 6) is -0.678. The number of benzene rings is 2. The maximum atomic E-state index is 12.7. The first kappa shape index (κ1) is 21.2. The Morgan fingerprint density at radius 2 is 1.57 bits per heavy atom. The van der Waals surface area contributed by atoms with Crippen LogP contribution in [-0.4, -0.2) is 36.2 Å². The predicted octanol–water partition coefficient (Wildman–Crippen LogP) is 3.67. The predicted molar refractivity (Wildman–Crippen MR) is 112 cm³/mol. The van der Waals surface area contributed by atoms with E-state index in [0.29, 0.717) is 17.7 Å². The van der Waals surface area contributed by atoms with E-state index in [9.17, 15) is 14.4 Å². The summed E-state index contributed by atoms with van der Waals surface area (Å²) in [7, 11) is 1.58. The van der Waals surface area contributed by atoms with Gasteiger partial charge in [0.2, 0.25) is 11.8 Å². The SMILES string of the molecule is CCC(=O)Nc1cccc(C(=O)N(C)CC(=O)Nc2c(C)cc(C)cc2C)c1. The Bertz CT molecular complexity index is 883. The molecule has 2 aromatic rings. The number of aryl methyl sites for hydroxylation is 3. The normalized spacial score (nSPS) is 10.3. The zero-order valence-electron chi connectivity index (χ0n) is 17.1. The van der Waals surface area contributed by atoms with E-state index in [0.717, 1.165) is 22.4 Å². The van der Waals surface area contributed by atoms with Crippen molar-refractivity contribution in [2.24, 2.45) is 0 Å². The van der Waals surface area contributed by atoms with Crippen LogP contribution in [0, 0.1) is 20.8 Å². The van der Waals surface area contributed by atoms with E-state index in [4.69, 9.17) is 0 Å². The van der Waals surface area contributed by atoms with Crippen molar-refractivity contribution in [1.29, 1.82) is 0 Å². The summed E-state index contributed by atoms with van der Waals surface area (Å²) in [6.45, 7) is 7.58. The molecule has 0 aliphatic carbocycles. The smallest absolute Gasteiger partial charge is 0.254 e. The molecule has 0 aromatic heterocycles. The van der Waals surface area contributed by atoms with Gasteiger partial charge in [-0.15, -0.1) is 0 Å². The minimum atomic E-state index is -0.292. The standard InChI is InChI=1S/C22H27N3O3/c1-6-19(26)23-18-9-7-8-17(12-18)22(28)25(5)13-20(27)24-21-15(3)10-14(2)11-16(21)4/h7-12H,6,13H2,1-5H3,(H,23,26)(H,24,27). The molecule has 6 nitrogen and oxygen atoms in total. The third-order valence-electron chi connectivity index (χ3n) is 4.38. The van der Waals surface area contributed by atoms with Crippen molar-refractivity contribution < 1.29 is 14.4 Å². The Balaban J connectivity index is 2.05. The number of hydrogen-bond donors (Lipinski definition) is 2. The van der Waals surface area contributed by atoms with E-state index >= 15 is 0 Å². The number of nitrogens with one attached hydrogen (secondary N) is 2. The minimum Gasteiger partial charge on any atom is -0.332 e. The third-order valence-corrected chi connectivity index (χ3v) is 4.38. The molecule has 0 saturated heterocycles. The van der Waals surface area contributed by atoms with Gasteiger partial charge in [0, 0.05) is 30.4 Å². The van der Waals surface area contributed by atoms with Gasteiger partial charge in [0.25, 0.3) is 5.91 Å². The number of amides is 3. The molecule has 0 bridgehead atoms. The summed E-state index contributed by atoms with van der Waals surface area (Å²) < 4.78 is 0. The molecule has 0 spiro atoms. The van der Waals surface area contributed by atoms with E-state index in [-0.39, 0.29) is 24.3 Å². The maximum absolute atomic E-state index is 12.7. The maximum Gasteiger partial charge on any atom is 0.254 e. The van der Waals surface area contributed by atoms with E-state index in [1.54, 1.807) is 38.2 Å². The highest BCUT2D eigenvalue weighted by atomic mass is 16.2. The van der Waals surface area contributed by atoms with Crippen molar-refractivity contribution in [3.63, 3.8) is 0 Å². The van der Waals surface area contributed by atoms with Crippen LogP contribution in [0.2, 0.25) is 0 Å². The lowest BCUT2D eigenvalue weighted by Crippen LogP contribution is -2.35. The van der Waals surface area contributed by atoms with Gasteiger partial charge in [-0.1, -0.05) is 30.7 Å². The number of carbonyl (C=O) groups is 3. The first-order valence-electron chi connectivity index (χ1n) is 9.24. The Hall–Kier alpha value is -3.15. The van der Waals surface area contributed by atoms with Gasteiger partial charge in [0.1, 0.15) is 0 Å². The van der Waals surface area contributed by atoms with E-state index in [2.05, 4.69) is 10.6 Å². The molecule has 148 valence electrons. The summed E-state index contributed by atoms with van der Waals surface area (Å²) in [5, 5.41) is 5.63. The van der Waals surface area contributed by atoms with Crippen LogP contribution >= 0.6 is 0 Å². The monoisotopic (exact) mass is 381 g/mol. The number of nitrogens with zero attached hydrogens (tertiary/aromatic N) is 1. The van der Waals surface area contributed by atoms with Gasteiger partial charge in [-0.2, -0.15) is 0 Å². The van der Waals surface area contributed by atoms with Crippen molar-refractivity contribution in [2.75, 3.05) is 24.2 Å². The fraction of sp³-hybridized carbons (Fsp3) is 0.318. The van der Waals surface area contributed by atoms with Gasteiger partial charge >= 0.3 is 0 Å². The van der Waals surface area contributed by atoms with Crippen LogP contribution in [0.25, 0.3) is 0 Å². The molecule has 0 radical (unpaired) electrons. The molecule has 2 N–H and O–H groups in total. The second-order valence-electron chi connectivity index (χ2n) is 6.97. The zero-order valence-corrected chi connectivity index (χ0v) is 17.1. The molecule has 2 aromatic carbocycles. The average Bonchev–Trinajstić information content (AvgIpc) is 2.64. The number of anilines is 2. The van der Waals surface area contributed by atoms with Crippen molar-refractivity contribution in [3.05, 3.63) is 58.7 Å². The molecule has 0 heterocycles. The molecule has 28 heavy (non-hydrogen) atoms. The van der Waals surface area contributed by atoms with Crippen molar-refractivity contribution in [3.8, 4) is 0 Å². The molecule has 0 aliphatic rings. The van der Waals surface area contributed by atoms with Crippen LogP contribution in [-0.2, 0) is 9.59 Å². The van der Waals surface area contributed by atoms with Crippen molar-refractivity contribution in [1.82, 2.24) is 4.90 Å². The number of rotatable bonds is 6. The molecule has 2 rings (SSSR count). The topological polar surface area (TPSA) is 78.5 Å². The van der Waals surface area contributed by atoms with Crippen LogP contribution in [0.15, 0.2) is 36.4 Å². The largest absolute Gasteiger partial charge is 0.332 e. The van der Waals surface area contributed by atoms with E-state index in [1.807, 2.05) is 32.9 Å². The van der Waals surface area contributed by atoms with Crippen molar-refractivity contribution >= 4 is 29.1 Å². The second-order valence-corrected chi connectivity index (χ2v) is 6.97. The Kier molecular flexibility index (Phi) is 6.93. The highest BCUT2D eigenvalue weighted by Crippen LogP contribution is 2.22. The van der Waals surface area contributed by atoms with Gasteiger partial charge in [-0.05, 0) is 50.1 Å². The fourth-order valence-electron chi connectivity index (χ4n) is 3.04. The first-order valence-corrected chi connectivity index (χ1v) is 9.24. The molecule has 0 fully saturated rings. The summed E-state index contributed by atoms with van der Waals surface area (Å²) in [5.41, 5.74) is 4.85. The van der Waals surface area contributed by atoms with Crippen LogP contribution in [0.4, 0.5) is 11.4 Å². The summed E-state index contributed by atoms with van der Waals surface area (Å²) in [4.78, 5) is 38.0. The minimum absolute atomic E-state index is 0.0723. The zero-order chi connectivity index (χ0) is 20.8. The molecule has 0 aliphatic heterocycles. The van der Waals surface area contributed by atoms with E-state index < -0.39 is 0 Å². The molecular weight excluding hydrogens is 354 g/mol. The number of hydrogen-bond acceptors (Lipinski definition) is 3. The molecule has 0 unspecified atom stereocenters. The van der Waals surface area contributed by atoms with Crippen molar-refractivity contribution in [2.45, 2.75) is 34.1 Å². The van der Waals surface area contributed by atoms with Crippen LogP contribution < -0.4 is 10.6 Å². The molecule has 0 atom stereocenters. The summed E-state index contributed by atoms with van der Waals surface area (Å²) in [6.07, 6.45) is 0.357. The highest BCUT2D eigenvalue weighted by Gasteiger charge is 2.17. The van der Waals surface area contributed by atoms with Gasteiger partial charge in [-0.25, -0.2) is 0 Å². The number of likely N-dealkylation sites (N-methyl/N-ethyl adjacent to an activating group) is 1. The lowest BCUT2D eigenvalue weighted by molar-refractivity contribution is -0.117. The highest BCUT2D eigenvalue weighted by molar-refractivity contribution is 6.01. The quantitative estimate of drug-likeness (QED) is 0.801. The number of carbonyl (C=O) groups excluding carboxylic acids is 3. The molecular formula is C22H27N3O3. The second kappa shape index (κ2) is 9.17. The lowest BCUT2D eigenvalue weighted by Gasteiger charge is -2.19. The average molecular weight is 381 g/mol. The van der Waals surface area contributed by atoms with Crippen LogP contribution in [0.5, 0.6) is 0 Å². The van der Waals surface area contributed by atoms with E-state index in [1.165, 1.54) is 4.90 Å². The molecule has 0 saturated carbocycles. The van der Waals surface area contributed by atoms with Gasteiger partial charge in [-0.3, -0.25) is 14.4 Å². The molecule has 3 amide bonds.